The van der Waals surface area contributed by atoms with Crippen LogP contribution >= 0.6 is 23.4 Å². The summed E-state index contributed by atoms with van der Waals surface area (Å²) in [5.74, 6) is 1.68. The van der Waals surface area contributed by atoms with Crippen molar-refractivity contribution in [2.45, 2.75) is 45.0 Å². The molecular formula is C16H24ClNO2S. The van der Waals surface area contributed by atoms with Gasteiger partial charge >= 0.3 is 5.97 Å². The van der Waals surface area contributed by atoms with Crippen LogP contribution in [-0.4, -0.2) is 30.4 Å². The summed E-state index contributed by atoms with van der Waals surface area (Å²) in [4.78, 5) is 11.9. The van der Waals surface area contributed by atoms with Crippen LogP contribution in [0.25, 0.3) is 0 Å². The highest BCUT2D eigenvalue weighted by Gasteiger charge is 2.19. The highest BCUT2D eigenvalue weighted by molar-refractivity contribution is 7.98. The average molecular weight is 330 g/mol. The SMILES string of the molecule is CCOC(=O)C(CCSCc1ccc(Cl)cc1)NC(C)C. The Bertz CT molecular complexity index is 423. The minimum atomic E-state index is -0.220. The van der Waals surface area contributed by atoms with Crippen molar-refractivity contribution >= 4 is 29.3 Å². The first-order valence-electron chi connectivity index (χ1n) is 7.27. The van der Waals surface area contributed by atoms with E-state index in [4.69, 9.17) is 16.3 Å². The lowest BCUT2D eigenvalue weighted by molar-refractivity contribution is -0.145. The molecule has 0 aliphatic rings. The van der Waals surface area contributed by atoms with E-state index in [0.717, 1.165) is 22.9 Å². The molecule has 5 heteroatoms. The number of rotatable bonds is 9. The highest BCUT2D eigenvalue weighted by atomic mass is 35.5. The predicted molar refractivity (Wildman–Crippen MR) is 90.9 cm³/mol. The summed E-state index contributed by atoms with van der Waals surface area (Å²) in [5, 5.41) is 4.02. The van der Waals surface area contributed by atoms with Crippen molar-refractivity contribution in [1.82, 2.24) is 5.32 Å². The molecule has 21 heavy (non-hydrogen) atoms. The standard InChI is InChI=1S/C16H24ClNO2S/c1-4-20-16(19)15(18-12(2)3)9-10-21-11-13-5-7-14(17)8-6-13/h5-8,12,15,18H,4,9-11H2,1-3H3. The molecule has 1 unspecified atom stereocenters. The maximum atomic E-state index is 11.9. The van der Waals surface area contributed by atoms with E-state index in [-0.39, 0.29) is 18.1 Å². The third kappa shape index (κ3) is 7.74. The average Bonchev–Trinajstić information content (AvgIpc) is 2.44. The monoisotopic (exact) mass is 329 g/mol. The molecule has 0 saturated heterocycles. The Morgan fingerprint density at radius 2 is 2.00 bits per heavy atom. The van der Waals surface area contributed by atoms with Crippen molar-refractivity contribution in [1.29, 1.82) is 0 Å². The zero-order valence-corrected chi connectivity index (χ0v) is 14.5. The fourth-order valence-electron chi connectivity index (χ4n) is 1.89. The van der Waals surface area contributed by atoms with Crippen LogP contribution in [0, 0.1) is 0 Å². The molecule has 0 saturated carbocycles. The molecule has 118 valence electrons. The van der Waals surface area contributed by atoms with Gasteiger partial charge in [-0.2, -0.15) is 11.8 Å². The molecule has 3 nitrogen and oxygen atoms in total. The maximum absolute atomic E-state index is 11.9. The van der Waals surface area contributed by atoms with Crippen LogP contribution in [0.5, 0.6) is 0 Å². The number of hydrogen-bond donors (Lipinski definition) is 1. The summed E-state index contributed by atoms with van der Waals surface area (Å²) < 4.78 is 5.11. The van der Waals surface area contributed by atoms with Crippen LogP contribution in [0.4, 0.5) is 0 Å². The van der Waals surface area contributed by atoms with Gasteiger partial charge in [-0.05, 0) is 36.8 Å². The van der Waals surface area contributed by atoms with E-state index in [0.29, 0.717) is 6.61 Å². The number of carbonyl (C=O) groups excluding carboxylic acids is 1. The predicted octanol–water partition coefficient (Wildman–Crippen LogP) is 3.89. The van der Waals surface area contributed by atoms with Crippen molar-refractivity contribution in [3.05, 3.63) is 34.9 Å². The number of hydrogen-bond acceptors (Lipinski definition) is 4. The summed E-state index contributed by atoms with van der Waals surface area (Å²) in [6.45, 7) is 6.33. The molecule has 1 atom stereocenters. The van der Waals surface area contributed by atoms with Gasteiger partial charge in [0.1, 0.15) is 6.04 Å². The van der Waals surface area contributed by atoms with Crippen LogP contribution in [0.1, 0.15) is 32.8 Å². The molecule has 0 radical (unpaired) electrons. The van der Waals surface area contributed by atoms with Gasteiger partial charge in [0, 0.05) is 16.8 Å². The normalized spacial score (nSPS) is 12.4. The minimum Gasteiger partial charge on any atom is -0.465 e. The summed E-state index contributed by atoms with van der Waals surface area (Å²) in [7, 11) is 0. The van der Waals surface area contributed by atoms with Crippen molar-refractivity contribution in [3.63, 3.8) is 0 Å². The van der Waals surface area contributed by atoms with Crippen molar-refractivity contribution in [3.8, 4) is 0 Å². The molecule has 0 heterocycles. The number of ether oxygens (including phenoxy) is 1. The summed E-state index contributed by atoms with van der Waals surface area (Å²) in [5.41, 5.74) is 1.24. The molecule has 1 rings (SSSR count). The molecule has 0 fully saturated rings. The van der Waals surface area contributed by atoms with Crippen LogP contribution in [-0.2, 0) is 15.3 Å². The summed E-state index contributed by atoms with van der Waals surface area (Å²) >= 11 is 7.67. The first kappa shape index (κ1) is 18.3. The highest BCUT2D eigenvalue weighted by Crippen LogP contribution is 2.17. The van der Waals surface area contributed by atoms with E-state index in [1.807, 2.05) is 56.8 Å². The third-order valence-electron chi connectivity index (χ3n) is 2.84. The van der Waals surface area contributed by atoms with Crippen LogP contribution in [0.2, 0.25) is 5.02 Å². The molecule has 0 aliphatic carbocycles. The zero-order valence-electron chi connectivity index (χ0n) is 12.9. The largest absolute Gasteiger partial charge is 0.465 e. The first-order valence-corrected chi connectivity index (χ1v) is 8.81. The lowest BCUT2D eigenvalue weighted by Gasteiger charge is -2.19. The van der Waals surface area contributed by atoms with E-state index in [2.05, 4.69) is 5.32 Å². The Morgan fingerprint density at radius 1 is 1.33 bits per heavy atom. The van der Waals surface area contributed by atoms with E-state index in [1.165, 1.54) is 5.56 Å². The Hall–Kier alpha value is -0.710. The Labute approximate surface area is 136 Å². The van der Waals surface area contributed by atoms with E-state index >= 15 is 0 Å². The van der Waals surface area contributed by atoms with Gasteiger partial charge in [0.15, 0.2) is 0 Å². The van der Waals surface area contributed by atoms with Gasteiger partial charge in [0.05, 0.1) is 6.61 Å². The fourth-order valence-corrected chi connectivity index (χ4v) is 2.99. The van der Waals surface area contributed by atoms with Gasteiger partial charge in [0.2, 0.25) is 0 Å². The number of nitrogens with one attached hydrogen (secondary N) is 1. The Morgan fingerprint density at radius 3 is 2.57 bits per heavy atom. The van der Waals surface area contributed by atoms with E-state index < -0.39 is 0 Å². The van der Waals surface area contributed by atoms with Gasteiger partial charge in [-0.1, -0.05) is 37.6 Å². The molecule has 0 aliphatic heterocycles. The maximum Gasteiger partial charge on any atom is 0.323 e. The number of carbonyl (C=O) groups is 1. The quantitative estimate of drug-likeness (QED) is 0.551. The summed E-state index contributed by atoms with van der Waals surface area (Å²) in [6.07, 6.45) is 0.773. The topological polar surface area (TPSA) is 38.3 Å². The van der Waals surface area contributed by atoms with Gasteiger partial charge in [0.25, 0.3) is 0 Å². The molecule has 0 bridgehead atoms. The second-order valence-corrected chi connectivity index (χ2v) is 6.64. The third-order valence-corrected chi connectivity index (χ3v) is 4.15. The molecule has 0 amide bonds. The van der Waals surface area contributed by atoms with Crippen molar-refractivity contribution in [2.24, 2.45) is 0 Å². The smallest absolute Gasteiger partial charge is 0.323 e. The molecule has 1 aromatic carbocycles. The minimum absolute atomic E-state index is 0.154. The van der Waals surface area contributed by atoms with Gasteiger partial charge in [-0.15, -0.1) is 0 Å². The molecule has 0 aromatic heterocycles. The molecule has 1 aromatic rings. The second kappa shape index (κ2) is 10.1. The Balaban J connectivity index is 2.35. The second-order valence-electron chi connectivity index (χ2n) is 5.09. The van der Waals surface area contributed by atoms with Crippen LogP contribution in [0.3, 0.4) is 0 Å². The number of halogens is 1. The lowest BCUT2D eigenvalue weighted by Crippen LogP contribution is -2.42. The zero-order chi connectivity index (χ0) is 15.7. The van der Waals surface area contributed by atoms with Gasteiger partial charge < -0.3 is 10.1 Å². The Kier molecular flexibility index (Phi) is 8.81. The van der Waals surface area contributed by atoms with Crippen molar-refractivity contribution < 1.29 is 9.53 Å². The number of thioether (sulfide) groups is 1. The fraction of sp³-hybridized carbons (Fsp3) is 0.562. The summed E-state index contributed by atoms with van der Waals surface area (Å²) in [6, 6.07) is 7.91. The first-order chi connectivity index (χ1) is 10.0. The number of esters is 1. The molecule has 1 N–H and O–H groups in total. The van der Waals surface area contributed by atoms with Gasteiger partial charge in [-0.3, -0.25) is 4.79 Å². The van der Waals surface area contributed by atoms with E-state index in [9.17, 15) is 4.79 Å². The van der Waals surface area contributed by atoms with Gasteiger partial charge in [-0.25, -0.2) is 0 Å². The van der Waals surface area contributed by atoms with Crippen LogP contribution < -0.4 is 5.32 Å². The van der Waals surface area contributed by atoms with Crippen LogP contribution in [0.15, 0.2) is 24.3 Å². The lowest BCUT2D eigenvalue weighted by atomic mass is 10.2. The van der Waals surface area contributed by atoms with Crippen molar-refractivity contribution in [2.75, 3.05) is 12.4 Å². The molecule has 0 spiro atoms. The number of benzene rings is 1. The molecular weight excluding hydrogens is 306 g/mol. The van der Waals surface area contributed by atoms with E-state index in [1.54, 1.807) is 0 Å².